The van der Waals surface area contributed by atoms with E-state index in [1.807, 2.05) is 6.92 Å². The molecule has 114 valence electrons. The third-order valence-electron chi connectivity index (χ3n) is 3.07. The molecule has 0 spiro atoms. The normalized spacial score (nSPS) is 20.4. The third-order valence-corrected chi connectivity index (χ3v) is 5.46. The number of halogens is 3. The first-order chi connectivity index (χ1) is 8.88. The Hall–Kier alpha value is -0.0400. The van der Waals surface area contributed by atoms with E-state index >= 15 is 0 Å². The van der Waals surface area contributed by atoms with Crippen LogP contribution < -0.4 is 5.32 Å². The topological polar surface area (TPSA) is 49.4 Å². The first kappa shape index (κ1) is 18.0. The van der Waals surface area contributed by atoms with Crippen molar-refractivity contribution in [3.8, 4) is 0 Å². The van der Waals surface area contributed by atoms with Gasteiger partial charge in [-0.05, 0) is 30.7 Å². The summed E-state index contributed by atoms with van der Waals surface area (Å²) in [6, 6.07) is 4.83. The van der Waals surface area contributed by atoms with Gasteiger partial charge < -0.3 is 5.32 Å². The van der Waals surface area contributed by atoms with Crippen LogP contribution in [0.25, 0.3) is 0 Å². The number of sulfonamides is 1. The molecule has 20 heavy (non-hydrogen) atoms. The SMILES string of the molecule is CC1CNCCN1S(=O)(=O)Cc1cc(Cl)cc(Cl)c1.Cl. The highest BCUT2D eigenvalue weighted by molar-refractivity contribution is 7.88. The Morgan fingerprint density at radius 1 is 1.30 bits per heavy atom. The lowest BCUT2D eigenvalue weighted by molar-refractivity contribution is 0.283. The van der Waals surface area contributed by atoms with Crippen LogP contribution in [0.2, 0.25) is 10.0 Å². The standard InChI is InChI=1S/C12H16Cl2N2O2S.ClH/c1-9-7-15-2-3-16(9)19(17,18)8-10-4-11(13)6-12(14)5-10;/h4-6,9,15H,2-3,7-8H2,1H3;1H. The molecule has 2 rings (SSSR count). The zero-order valence-corrected chi connectivity index (χ0v) is 14.1. The van der Waals surface area contributed by atoms with Crippen LogP contribution in [0.5, 0.6) is 0 Å². The average Bonchev–Trinajstić information content (AvgIpc) is 2.26. The summed E-state index contributed by atoms with van der Waals surface area (Å²) in [5, 5.41) is 4.07. The number of nitrogens with zero attached hydrogens (tertiary/aromatic N) is 1. The van der Waals surface area contributed by atoms with E-state index in [-0.39, 0.29) is 24.2 Å². The maximum absolute atomic E-state index is 12.4. The van der Waals surface area contributed by atoms with Crippen molar-refractivity contribution in [1.29, 1.82) is 0 Å². The summed E-state index contributed by atoms with van der Waals surface area (Å²) < 4.78 is 26.3. The maximum atomic E-state index is 12.4. The molecule has 1 fully saturated rings. The predicted octanol–water partition coefficient (Wildman–Crippen LogP) is 2.54. The van der Waals surface area contributed by atoms with Gasteiger partial charge in [-0.15, -0.1) is 12.4 Å². The van der Waals surface area contributed by atoms with E-state index < -0.39 is 10.0 Å². The highest BCUT2D eigenvalue weighted by Gasteiger charge is 2.29. The summed E-state index contributed by atoms with van der Waals surface area (Å²) in [6.45, 7) is 3.75. The summed E-state index contributed by atoms with van der Waals surface area (Å²) in [7, 11) is -3.34. The van der Waals surface area contributed by atoms with Gasteiger partial charge in [0.05, 0.1) is 5.75 Å². The molecule has 0 bridgehead atoms. The van der Waals surface area contributed by atoms with Crippen molar-refractivity contribution in [2.75, 3.05) is 19.6 Å². The molecule has 1 atom stereocenters. The number of rotatable bonds is 3. The van der Waals surface area contributed by atoms with Gasteiger partial charge in [0.25, 0.3) is 0 Å². The van der Waals surface area contributed by atoms with Crippen LogP contribution in [0.3, 0.4) is 0 Å². The lowest BCUT2D eigenvalue weighted by Gasteiger charge is -2.32. The predicted molar refractivity (Wildman–Crippen MR) is 85.4 cm³/mol. The molecule has 1 aliphatic heterocycles. The molecule has 4 nitrogen and oxygen atoms in total. The fourth-order valence-corrected chi connectivity index (χ4v) is 4.54. The lowest BCUT2D eigenvalue weighted by Crippen LogP contribution is -2.52. The molecular weight excluding hydrogens is 343 g/mol. The van der Waals surface area contributed by atoms with Gasteiger partial charge in [-0.2, -0.15) is 4.31 Å². The van der Waals surface area contributed by atoms with Crippen molar-refractivity contribution in [3.05, 3.63) is 33.8 Å². The zero-order chi connectivity index (χ0) is 14.0. The van der Waals surface area contributed by atoms with Gasteiger partial charge in [-0.3, -0.25) is 0 Å². The van der Waals surface area contributed by atoms with Gasteiger partial charge in [0.15, 0.2) is 0 Å². The van der Waals surface area contributed by atoms with Gasteiger partial charge in [0, 0.05) is 35.7 Å². The van der Waals surface area contributed by atoms with Crippen molar-refractivity contribution < 1.29 is 8.42 Å². The quantitative estimate of drug-likeness (QED) is 0.902. The van der Waals surface area contributed by atoms with Gasteiger partial charge >= 0.3 is 0 Å². The van der Waals surface area contributed by atoms with Crippen LogP contribution >= 0.6 is 35.6 Å². The van der Waals surface area contributed by atoms with Crippen LogP contribution in [0.15, 0.2) is 18.2 Å². The zero-order valence-electron chi connectivity index (χ0n) is 11.0. The van der Waals surface area contributed by atoms with Crippen LogP contribution in [0, 0.1) is 0 Å². The summed E-state index contributed by atoms with van der Waals surface area (Å²) in [6.07, 6.45) is 0. The molecular formula is C12H17Cl3N2O2S. The smallest absolute Gasteiger partial charge is 0.218 e. The second-order valence-corrected chi connectivity index (χ2v) is 7.49. The van der Waals surface area contributed by atoms with E-state index in [1.165, 1.54) is 4.31 Å². The van der Waals surface area contributed by atoms with E-state index in [0.29, 0.717) is 35.2 Å². The van der Waals surface area contributed by atoms with Crippen molar-refractivity contribution in [3.63, 3.8) is 0 Å². The van der Waals surface area contributed by atoms with Crippen LogP contribution in [0.4, 0.5) is 0 Å². The summed E-state index contributed by atoms with van der Waals surface area (Å²) >= 11 is 11.8. The second-order valence-electron chi connectivity index (χ2n) is 4.70. The molecule has 1 aromatic rings. The molecule has 0 aliphatic carbocycles. The first-order valence-corrected chi connectivity index (χ1v) is 8.40. The summed E-state index contributed by atoms with van der Waals surface area (Å²) in [5.74, 6) is -0.0718. The van der Waals surface area contributed by atoms with E-state index in [4.69, 9.17) is 23.2 Å². The van der Waals surface area contributed by atoms with E-state index in [1.54, 1.807) is 18.2 Å². The fraction of sp³-hybridized carbons (Fsp3) is 0.500. The molecule has 0 amide bonds. The summed E-state index contributed by atoms with van der Waals surface area (Å²) in [4.78, 5) is 0. The molecule has 1 aliphatic rings. The van der Waals surface area contributed by atoms with E-state index in [2.05, 4.69) is 5.32 Å². The highest BCUT2D eigenvalue weighted by Crippen LogP contribution is 2.22. The molecule has 0 radical (unpaired) electrons. The minimum atomic E-state index is -3.34. The number of hydrogen-bond donors (Lipinski definition) is 1. The monoisotopic (exact) mass is 358 g/mol. The number of piperazine rings is 1. The summed E-state index contributed by atoms with van der Waals surface area (Å²) in [5.41, 5.74) is 0.614. The molecule has 1 aromatic carbocycles. The molecule has 0 aromatic heterocycles. The number of benzene rings is 1. The van der Waals surface area contributed by atoms with Gasteiger partial charge in [0.2, 0.25) is 10.0 Å². The Balaban J connectivity index is 0.00000200. The van der Waals surface area contributed by atoms with Gasteiger partial charge in [0.1, 0.15) is 0 Å². The Bertz CT molecular complexity index is 546. The third kappa shape index (κ3) is 4.48. The van der Waals surface area contributed by atoms with Crippen molar-refractivity contribution in [1.82, 2.24) is 9.62 Å². The van der Waals surface area contributed by atoms with Crippen LogP contribution in [0.1, 0.15) is 12.5 Å². The molecule has 1 unspecified atom stereocenters. The van der Waals surface area contributed by atoms with Gasteiger partial charge in [-0.1, -0.05) is 23.2 Å². The van der Waals surface area contributed by atoms with Crippen molar-refractivity contribution in [2.24, 2.45) is 0 Å². The molecule has 1 heterocycles. The Kier molecular flexibility index (Phi) is 6.57. The van der Waals surface area contributed by atoms with Crippen molar-refractivity contribution >= 4 is 45.6 Å². The lowest BCUT2D eigenvalue weighted by atomic mass is 10.2. The molecule has 0 saturated carbocycles. The maximum Gasteiger partial charge on any atom is 0.218 e. The average molecular weight is 360 g/mol. The Morgan fingerprint density at radius 3 is 2.45 bits per heavy atom. The molecule has 1 saturated heterocycles. The minimum Gasteiger partial charge on any atom is -0.314 e. The van der Waals surface area contributed by atoms with Crippen molar-refractivity contribution in [2.45, 2.75) is 18.7 Å². The molecule has 1 N–H and O–H groups in total. The first-order valence-electron chi connectivity index (χ1n) is 6.04. The number of nitrogens with one attached hydrogen (secondary N) is 1. The van der Waals surface area contributed by atoms with E-state index in [0.717, 1.165) is 0 Å². The second kappa shape index (κ2) is 7.29. The minimum absolute atomic E-state index is 0. The fourth-order valence-electron chi connectivity index (χ4n) is 2.22. The Labute approximate surface area is 135 Å². The van der Waals surface area contributed by atoms with Crippen LogP contribution in [-0.4, -0.2) is 38.4 Å². The van der Waals surface area contributed by atoms with Crippen LogP contribution in [-0.2, 0) is 15.8 Å². The highest BCUT2D eigenvalue weighted by atomic mass is 35.5. The van der Waals surface area contributed by atoms with E-state index in [9.17, 15) is 8.42 Å². The van der Waals surface area contributed by atoms with Gasteiger partial charge in [-0.25, -0.2) is 8.42 Å². The Morgan fingerprint density at radius 2 is 1.90 bits per heavy atom. The number of hydrogen-bond acceptors (Lipinski definition) is 3. The largest absolute Gasteiger partial charge is 0.314 e. The molecule has 8 heteroatoms.